The maximum atomic E-state index is 12.2. The van der Waals surface area contributed by atoms with Crippen LogP contribution in [-0.4, -0.2) is 34.9 Å². The summed E-state index contributed by atoms with van der Waals surface area (Å²) in [5, 5.41) is 12.7. The molecule has 2 rings (SSSR count). The Labute approximate surface area is 117 Å². The van der Waals surface area contributed by atoms with Crippen LogP contribution in [0.3, 0.4) is 0 Å². The van der Waals surface area contributed by atoms with Gasteiger partial charge in [-0.1, -0.05) is 6.07 Å². The summed E-state index contributed by atoms with van der Waals surface area (Å²) in [5.41, 5.74) is 0.777. The van der Waals surface area contributed by atoms with Crippen molar-refractivity contribution >= 4 is 10.0 Å². The van der Waals surface area contributed by atoms with E-state index in [9.17, 15) is 8.42 Å². The minimum absolute atomic E-state index is 0.0710. The van der Waals surface area contributed by atoms with Crippen LogP contribution in [0.2, 0.25) is 0 Å². The number of nitrogens with zero attached hydrogens (tertiary/aromatic N) is 3. The van der Waals surface area contributed by atoms with E-state index < -0.39 is 16.1 Å². The van der Waals surface area contributed by atoms with Gasteiger partial charge < -0.3 is 5.11 Å². The normalized spacial score (nSPS) is 13.3. The molecule has 2 heterocycles. The molecule has 0 saturated heterocycles. The van der Waals surface area contributed by atoms with Crippen molar-refractivity contribution < 1.29 is 13.5 Å². The van der Waals surface area contributed by atoms with E-state index in [4.69, 9.17) is 5.11 Å². The van der Waals surface area contributed by atoms with Crippen LogP contribution in [0, 0.1) is 0 Å². The maximum Gasteiger partial charge on any atom is 0.244 e. The van der Waals surface area contributed by atoms with Gasteiger partial charge >= 0.3 is 0 Å². The molecule has 20 heavy (non-hydrogen) atoms. The van der Waals surface area contributed by atoms with E-state index in [1.165, 1.54) is 17.1 Å². The molecule has 0 fully saturated rings. The average molecular weight is 296 g/mol. The summed E-state index contributed by atoms with van der Waals surface area (Å²) in [4.78, 5) is 4.03. The lowest BCUT2D eigenvalue weighted by molar-refractivity contribution is 0.269. The number of aliphatic hydroxyl groups is 1. The highest BCUT2D eigenvalue weighted by Gasteiger charge is 2.20. The first kappa shape index (κ1) is 14.6. The van der Waals surface area contributed by atoms with Crippen molar-refractivity contribution in [1.82, 2.24) is 19.5 Å². The largest absolute Gasteiger partial charge is 0.394 e. The molecule has 1 atom stereocenters. The first-order chi connectivity index (χ1) is 9.53. The first-order valence-corrected chi connectivity index (χ1v) is 7.57. The fourth-order valence-electron chi connectivity index (χ4n) is 1.71. The van der Waals surface area contributed by atoms with Crippen LogP contribution in [0.4, 0.5) is 0 Å². The zero-order chi connectivity index (χ0) is 14.6. The van der Waals surface area contributed by atoms with Crippen molar-refractivity contribution in [3.05, 3.63) is 42.5 Å². The highest BCUT2D eigenvalue weighted by Crippen LogP contribution is 2.15. The number of aliphatic hydroxyl groups excluding tert-OH is 1. The smallest absolute Gasteiger partial charge is 0.244 e. The quantitative estimate of drug-likeness (QED) is 0.799. The van der Waals surface area contributed by atoms with Gasteiger partial charge in [-0.3, -0.25) is 9.67 Å². The Morgan fingerprint density at radius 3 is 2.90 bits per heavy atom. The molecule has 2 aromatic heterocycles. The van der Waals surface area contributed by atoms with Gasteiger partial charge in [0.05, 0.1) is 19.3 Å². The van der Waals surface area contributed by atoms with Crippen LogP contribution in [-0.2, 0) is 16.6 Å². The lowest BCUT2D eigenvalue weighted by atomic mass is 10.2. The van der Waals surface area contributed by atoms with Crippen molar-refractivity contribution in [3.63, 3.8) is 0 Å². The second kappa shape index (κ2) is 6.12. The summed E-state index contributed by atoms with van der Waals surface area (Å²) in [6.07, 6.45) is 5.88. The molecule has 2 N–H and O–H groups in total. The topological polar surface area (TPSA) is 97.1 Å². The molecule has 8 heteroatoms. The predicted octanol–water partition coefficient (Wildman–Crippen LogP) is 0.310. The summed E-state index contributed by atoms with van der Waals surface area (Å²) in [6.45, 7) is 1.90. The van der Waals surface area contributed by atoms with E-state index >= 15 is 0 Å². The van der Waals surface area contributed by atoms with Gasteiger partial charge in [0.15, 0.2) is 0 Å². The van der Waals surface area contributed by atoms with E-state index in [0.29, 0.717) is 0 Å². The van der Waals surface area contributed by atoms with E-state index in [1.54, 1.807) is 31.5 Å². The Bertz CT molecular complexity index is 654. The lowest BCUT2D eigenvalue weighted by Gasteiger charge is -2.13. The Kier molecular flexibility index (Phi) is 4.48. The van der Waals surface area contributed by atoms with E-state index in [-0.39, 0.29) is 18.0 Å². The van der Waals surface area contributed by atoms with Crippen molar-refractivity contribution in [1.29, 1.82) is 0 Å². The standard InChI is InChI=1S/C12H16N4O3S/c1-10(11-3-2-4-13-7-11)15-20(18,19)12-8-14-16(9-12)5-6-17/h2-4,7-10,15,17H,5-6H2,1H3. The Morgan fingerprint density at radius 1 is 1.45 bits per heavy atom. The highest BCUT2D eigenvalue weighted by molar-refractivity contribution is 7.89. The van der Waals surface area contributed by atoms with Crippen LogP contribution in [0.25, 0.3) is 0 Å². The van der Waals surface area contributed by atoms with Gasteiger partial charge in [0.25, 0.3) is 0 Å². The summed E-state index contributed by atoms with van der Waals surface area (Å²) >= 11 is 0. The number of hydrogen-bond donors (Lipinski definition) is 2. The first-order valence-electron chi connectivity index (χ1n) is 6.08. The molecule has 0 amide bonds. The number of aromatic nitrogens is 3. The molecule has 1 unspecified atom stereocenters. The van der Waals surface area contributed by atoms with E-state index in [1.807, 2.05) is 0 Å². The van der Waals surface area contributed by atoms with Crippen LogP contribution in [0.15, 0.2) is 41.8 Å². The number of hydrogen-bond acceptors (Lipinski definition) is 5. The van der Waals surface area contributed by atoms with Crippen molar-refractivity contribution in [2.45, 2.75) is 24.4 Å². The van der Waals surface area contributed by atoms with Gasteiger partial charge in [-0.15, -0.1) is 0 Å². The molecular weight excluding hydrogens is 280 g/mol. The van der Waals surface area contributed by atoms with Crippen molar-refractivity contribution in [2.24, 2.45) is 0 Å². The molecule has 2 aromatic rings. The number of pyridine rings is 1. The fraction of sp³-hybridized carbons (Fsp3) is 0.333. The van der Waals surface area contributed by atoms with Crippen LogP contribution in [0.5, 0.6) is 0 Å². The SMILES string of the molecule is CC(NS(=O)(=O)c1cnn(CCO)c1)c1cccnc1. The van der Waals surface area contributed by atoms with Gasteiger partial charge in [-0.05, 0) is 18.6 Å². The molecule has 0 aliphatic carbocycles. The third kappa shape index (κ3) is 3.41. The van der Waals surface area contributed by atoms with Crippen molar-refractivity contribution in [2.75, 3.05) is 6.61 Å². The monoisotopic (exact) mass is 296 g/mol. The second-order valence-electron chi connectivity index (χ2n) is 4.29. The average Bonchev–Trinajstić information content (AvgIpc) is 2.89. The minimum Gasteiger partial charge on any atom is -0.394 e. The fourth-order valence-corrected chi connectivity index (χ4v) is 2.89. The molecule has 0 aliphatic rings. The molecule has 0 bridgehead atoms. The van der Waals surface area contributed by atoms with E-state index in [0.717, 1.165) is 5.56 Å². The third-order valence-electron chi connectivity index (χ3n) is 2.77. The number of nitrogens with one attached hydrogen (secondary N) is 1. The maximum absolute atomic E-state index is 12.2. The Morgan fingerprint density at radius 2 is 2.25 bits per heavy atom. The summed E-state index contributed by atoms with van der Waals surface area (Å²) in [6, 6.07) is 3.16. The summed E-state index contributed by atoms with van der Waals surface area (Å²) < 4.78 is 28.3. The van der Waals surface area contributed by atoms with Gasteiger partial charge in [-0.2, -0.15) is 5.10 Å². The van der Waals surface area contributed by atoms with Gasteiger partial charge in [0.1, 0.15) is 4.90 Å². The lowest BCUT2D eigenvalue weighted by Crippen LogP contribution is -2.26. The highest BCUT2D eigenvalue weighted by atomic mass is 32.2. The molecule has 108 valence electrons. The molecule has 7 nitrogen and oxygen atoms in total. The van der Waals surface area contributed by atoms with Gasteiger partial charge in [0, 0.05) is 24.6 Å². The Hall–Kier alpha value is -1.77. The number of rotatable bonds is 6. The molecule has 0 aromatic carbocycles. The molecule has 0 saturated carbocycles. The van der Waals surface area contributed by atoms with Gasteiger partial charge in [0.2, 0.25) is 10.0 Å². The van der Waals surface area contributed by atoms with Crippen LogP contribution < -0.4 is 4.72 Å². The van der Waals surface area contributed by atoms with Gasteiger partial charge in [-0.25, -0.2) is 13.1 Å². The molecular formula is C12H16N4O3S. The third-order valence-corrected chi connectivity index (χ3v) is 4.26. The van der Waals surface area contributed by atoms with Crippen LogP contribution in [0.1, 0.15) is 18.5 Å². The molecule has 0 spiro atoms. The van der Waals surface area contributed by atoms with Crippen LogP contribution >= 0.6 is 0 Å². The number of sulfonamides is 1. The Balaban J connectivity index is 2.14. The molecule has 0 radical (unpaired) electrons. The summed E-state index contributed by atoms with van der Waals surface area (Å²) in [5.74, 6) is 0. The van der Waals surface area contributed by atoms with Crippen molar-refractivity contribution in [3.8, 4) is 0 Å². The summed E-state index contributed by atoms with van der Waals surface area (Å²) in [7, 11) is -3.65. The minimum atomic E-state index is -3.65. The zero-order valence-electron chi connectivity index (χ0n) is 11.0. The predicted molar refractivity (Wildman–Crippen MR) is 72.3 cm³/mol. The molecule has 0 aliphatic heterocycles. The van der Waals surface area contributed by atoms with E-state index in [2.05, 4.69) is 14.8 Å². The second-order valence-corrected chi connectivity index (χ2v) is 6.01. The zero-order valence-corrected chi connectivity index (χ0v) is 11.8.